The fourth-order valence-electron chi connectivity index (χ4n) is 4.03. The van der Waals surface area contributed by atoms with Gasteiger partial charge in [0.1, 0.15) is 5.82 Å². The summed E-state index contributed by atoms with van der Waals surface area (Å²) in [6.07, 6.45) is 10.7. The zero-order valence-corrected chi connectivity index (χ0v) is 21.3. The van der Waals surface area contributed by atoms with E-state index in [9.17, 15) is 9.18 Å². The topological polar surface area (TPSA) is 58.1 Å². The molecule has 1 unspecified atom stereocenters. The molecule has 35 heavy (non-hydrogen) atoms. The second-order valence-corrected chi connectivity index (χ2v) is 8.37. The molecular formula is C29H41FN4O. The lowest BCUT2D eigenvalue weighted by atomic mass is 9.89. The van der Waals surface area contributed by atoms with Crippen LogP contribution in [0, 0.1) is 12.7 Å². The van der Waals surface area contributed by atoms with Gasteiger partial charge >= 0.3 is 0 Å². The van der Waals surface area contributed by atoms with Crippen LogP contribution in [0.15, 0.2) is 67.1 Å². The maximum Gasteiger partial charge on any atom is 0.207 e. The minimum Gasteiger partial charge on any atom is -0.359 e. The fourth-order valence-corrected chi connectivity index (χ4v) is 4.03. The van der Waals surface area contributed by atoms with Gasteiger partial charge in [-0.1, -0.05) is 32.0 Å². The fraction of sp³-hybridized carbons (Fsp3) is 0.414. The van der Waals surface area contributed by atoms with Gasteiger partial charge in [-0.2, -0.15) is 0 Å². The Hall–Kier alpha value is -3.12. The number of aryl methyl sites for hydroxylation is 1. The van der Waals surface area contributed by atoms with Crippen LogP contribution in [-0.2, 0) is 11.2 Å². The summed E-state index contributed by atoms with van der Waals surface area (Å²) >= 11 is 0. The molecule has 3 heterocycles. The highest BCUT2D eigenvalue weighted by molar-refractivity contribution is 5.45. The molecule has 1 aliphatic rings. The number of nitrogens with one attached hydrogen (secondary N) is 1. The molecule has 1 amide bonds. The van der Waals surface area contributed by atoms with E-state index < -0.39 is 0 Å². The van der Waals surface area contributed by atoms with E-state index in [1.54, 1.807) is 24.5 Å². The molecular weight excluding hydrogens is 439 g/mol. The lowest BCUT2D eigenvalue weighted by molar-refractivity contribution is -0.109. The molecule has 0 aliphatic carbocycles. The molecule has 1 fully saturated rings. The Morgan fingerprint density at radius 2 is 1.69 bits per heavy atom. The van der Waals surface area contributed by atoms with Crippen LogP contribution in [0.2, 0.25) is 0 Å². The Bertz CT molecular complexity index is 949. The van der Waals surface area contributed by atoms with Crippen LogP contribution >= 0.6 is 0 Å². The van der Waals surface area contributed by atoms with Crippen molar-refractivity contribution in [2.24, 2.45) is 0 Å². The number of aromatic nitrogens is 2. The first-order valence-corrected chi connectivity index (χ1v) is 12.6. The minimum absolute atomic E-state index is 0. The Balaban J connectivity index is 0.000000340. The molecule has 1 N–H and O–H groups in total. The predicted molar refractivity (Wildman–Crippen MR) is 143 cm³/mol. The first-order valence-electron chi connectivity index (χ1n) is 12.6. The average molecular weight is 481 g/mol. The van der Waals surface area contributed by atoms with Gasteiger partial charge < -0.3 is 10.2 Å². The number of pyridine rings is 2. The maximum absolute atomic E-state index is 13.0. The third-order valence-electron chi connectivity index (χ3n) is 5.90. The Labute approximate surface area is 211 Å². The molecule has 1 aliphatic heterocycles. The summed E-state index contributed by atoms with van der Waals surface area (Å²) < 4.78 is 13.0. The lowest BCUT2D eigenvalue weighted by Crippen LogP contribution is -2.22. The van der Waals surface area contributed by atoms with E-state index in [0.29, 0.717) is 13.0 Å². The lowest BCUT2D eigenvalue weighted by Gasteiger charge is -2.17. The van der Waals surface area contributed by atoms with Gasteiger partial charge in [0.2, 0.25) is 6.41 Å². The van der Waals surface area contributed by atoms with Crippen molar-refractivity contribution in [1.29, 1.82) is 0 Å². The Kier molecular flexibility index (Phi) is 13.3. The molecule has 4 rings (SSSR count). The summed E-state index contributed by atoms with van der Waals surface area (Å²) in [5.74, 6) is -0.126. The van der Waals surface area contributed by atoms with Gasteiger partial charge in [0.25, 0.3) is 0 Å². The molecule has 0 spiro atoms. The number of hydrogen-bond acceptors (Lipinski definition) is 4. The summed E-state index contributed by atoms with van der Waals surface area (Å²) in [5.41, 5.74) is 4.60. The quantitative estimate of drug-likeness (QED) is 0.311. The van der Waals surface area contributed by atoms with Crippen molar-refractivity contribution >= 4 is 6.41 Å². The van der Waals surface area contributed by atoms with E-state index in [0.717, 1.165) is 24.0 Å². The zero-order chi connectivity index (χ0) is 25.3. The van der Waals surface area contributed by atoms with Crippen molar-refractivity contribution in [2.75, 3.05) is 26.2 Å². The third kappa shape index (κ3) is 10.4. The van der Waals surface area contributed by atoms with Gasteiger partial charge in [0, 0.05) is 51.1 Å². The van der Waals surface area contributed by atoms with E-state index in [1.807, 2.05) is 32.2 Å². The van der Waals surface area contributed by atoms with Crippen LogP contribution in [0.1, 0.15) is 62.8 Å². The van der Waals surface area contributed by atoms with Gasteiger partial charge in [-0.3, -0.25) is 14.8 Å². The maximum atomic E-state index is 13.0. The van der Waals surface area contributed by atoms with Crippen molar-refractivity contribution in [2.45, 2.75) is 52.4 Å². The van der Waals surface area contributed by atoms with Crippen molar-refractivity contribution in [3.8, 4) is 0 Å². The molecule has 1 aromatic carbocycles. The van der Waals surface area contributed by atoms with Crippen molar-refractivity contribution in [3.05, 3.63) is 95.3 Å². The number of hydrogen-bond donors (Lipinski definition) is 1. The van der Waals surface area contributed by atoms with Crippen LogP contribution in [0.4, 0.5) is 4.39 Å². The average Bonchev–Trinajstić information content (AvgIpc) is 3.43. The highest BCUT2D eigenvalue weighted by atomic mass is 19.1. The monoisotopic (exact) mass is 480 g/mol. The van der Waals surface area contributed by atoms with E-state index in [4.69, 9.17) is 0 Å². The number of likely N-dealkylation sites (tertiary alicyclic amines) is 1. The Morgan fingerprint density at radius 1 is 1.03 bits per heavy atom. The van der Waals surface area contributed by atoms with Gasteiger partial charge in [0.15, 0.2) is 0 Å². The first kappa shape index (κ1) is 28.1. The molecule has 0 radical (unpaired) electrons. The third-order valence-corrected chi connectivity index (χ3v) is 5.90. The van der Waals surface area contributed by atoms with E-state index >= 15 is 0 Å². The second kappa shape index (κ2) is 16.5. The first-order chi connectivity index (χ1) is 17.2. The van der Waals surface area contributed by atoms with Gasteiger partial charge in [-0.25, -0.2) is 4.39 Å². The standard InChI is InChI=1S/C15H15FN2O.C12H18N2.C2H6.H2/c16-14-3-1-12(2-4-14)15(7-10-18-11-19)13-5-8-17-9-6-13;1-11-4-5-12(13-10-11)6-9-14-7-2-3-8-14;1-2;/h1-6,8-9,11,15H,7,10H2,(H,18,19);4-5,10H,2-3,6-9H2,1H3;1-2H3;1H. The molecule has 0 bridgehead atoms. The summed E-state index contributed by atoms with van der Waals surface area (Å²) in [6, 6.07) is 14.6. The number of rotatable bonds is 9. The SMILES string of the molecule is CC.Cc1ccc(CCN2CCCC2)nc1.O=CNCCC(c1ccncc1)c1ccc(F)cc1.[HH]. The summed E-state index contributed by atoms with van der Waals surface area (Å²) in [7, 11) is 0. The zero-order valence-electron chi connectivity index (χ0n) is 21.3. The van der Waals surface area contributed by atoms with Crippen LogP contribution in [0.5, 0.6) is 0 Å². The van der Waals surface area contributed by atoms with E-state index in [1.165, 1.54) is 55.9 Å². The van der Waals surface area contributed by atoms with Gasteiger partial charge in [-0.05, 0) is 86.3 Å². The van der Waals surface area contributed by atoms with Crippen molar-refractivity contribution in [1.82, 2.24) is 20.2 Å². The van der Waals surface area contributed by atoms with Gasteiger partial charge in [0.05, 0.1) is 0 Å². The number of nitrogens with zero attached hydrogens (tertiary/aromatic N) is 3. The predicted octanol–water partition coefficient (Wildman–Crippen LogP) is 5.79. The highest BCUT2D eigenvalue weighted by Crippen LogP contribution is 2.27. The Morgan fingerprint density at radius 3 is 2.29 bits per heavy atom. The largest absolute Gasteiger partial charge is 0.359 e. The van der Waals surface area contributed by atoms with Crippen molar-refractivity contribution in [3.63, 3.8) is 0 Å². The number of carbonyl (C=O) groups excluding carboxylic acids is 1. The van der Waals surface area contributed by atoms with Crippen LogP contribution in [0.25, 0.3) is 0 Å². The smallest absolute Gasteiger partial charge is 0.207 e. The number of halogens is 1. The van der Waals surface area contributed by atoms with Crippen LogP contribution in [-0.4, -0.2) is 47.5 Å². The molecule has 1 atom stereocenters. The number of carbonyl (C=O) groups is 1. The molecule has 1 saturated heterocycles. The molecule has 5 nitrogen and oxygen atoms in total. The van der Waals surface area contributed by atoms with Crippen molar-refractivity contribution < 1.29 is 10.6 Å². The van der Waals surface area contributed by atoms with Crippen LogP contribution < -0.4 is 5.32 Å². The van der Waals surface area contributed by atoms with E-state index in [-0.39, 0.29) is 13.2 Å². The molecule has 0 saturated carbocycles. The minimum atomic E-state index is -0.247. The van der Waals surface area contributed by atoms with Crippen LogP contribution in [0.3, 0.4) is 0 Å². The summed E-state index contributed by atoms with van der Waals surface area (Å²) in [6.45, 7) is 10.4. The summed E-state index contributed by atoms with van der Waals surface area (Å²) in [4.78, 5) is 21.3. The number of amides is 1. The highest BCUT2D eigenvalue weighted by Gasteiger charge is 2.14. The normalized spacial score (nSPS) is 13.6. The molecule has 6 heteroatoms. The summed E-state index contributed by atoms with van der Waals surface area (Å²) in [5, 5.41) is 2.66. The second-order valence-electron chi connectivity index (χ2n) is 8.37. The molecule has 190 valence electrons. The number of benzene rings is 1. The van der Waals surface area contributed by atoms with E-state index in [2.05, 4.69) is 39.2 Å². The van der Waals surface area contributed by atoms with Gasteiger partial charge in [-0.15, -0.1) is 0 Å². The molecule has 3 aromatic rings. The molecule has 2 aromatic heterocycles.